The van der Waals surface area contributed by atoms with Crippen molar-refractivity contribution in [2.24, 2.45) is 0 Å². The van der Waals surface area contributed by atoms with E-state index >= 15 is 0 Å². The van der Waals surface area contributed by atoms with Crippen LogP contribution in [0.5, 0.6) is 0 Å². The average Bonchev–Trinajstić information content (AvgIpc) is 3.17. The number of halogens is 3. The lowest BCUT2D eigenvalue weighted by Crippen LogP contribution is -2.46. The van der Waals surface area contributed by atoms with Crippen LogP contribution in [-0.2, 0) is 6.54 Å². The van der Waals surface area contributed by atoms with Gasteiger partial charge in [-0.3, -0.25) is 9.59 Å². The molecule has 0 bridgehead atoms. The zero-order valence-corrected chi connectivity index (χ0v) is 12.3. The molecule has 1 atom stereocenters. The van der Waals surface area contributed by atoms with Crippen molar-refractivity contribution in [3.63, 3.8) is 0 Å². The van der Waals surface area contributed by atoms with Gasteiger partial charge in [-0.15, -0.1) is 0 Å². The number of carbonyl (C=O) groups is 1. The van der Waals surface area contributed by atoms with Crippen LogP contribution in [0.3, 0.4) is 0 Å². The summed E-state index contributed by atoms with van der Waals surface area (Å²) in [4.78, 5) is 35.1. The lowest BCUT2D eigenvalue weighted by Gasteiger charge is -2.26. The predicted molar refractivity (Wildman–Crippen MR) is 74.1 cm³/mol. The fraction of sp³-hybridized carbons (Fsp3) is 0.462. The van der Waals surface area contributed by atoms with E-state index in [-0.39, 0.29) is 31.8 Å². The fourth-order valence-corrected chi connectivity index (χ4v) is 2.64. The number of rotatable bonds is 3. The molecular weight excluding hydrogens is 329 g/mol. The Hall–Kier alpha value is -2.72. The van der Waals surface area contributed by atoms with Crippen LogP contribution in [0.1, 0.15) is 29.0 Å². The maximum Gasteiger partial charge on any atom is 0.408 e. The molecule has 0 aromatic carbocycles. The third kappa shape index (κ3) is 3.14. The van der Waals surface area contributed by atoms with Crippen LogP contribution < -0.4 is 5.56 Å². The number of nitrogens with zero attached hydrogens (tertiary/aromatic N) is 5. The molecule has 1 aliphatic rings. The van der Waals surface area contributed by atoms with Gasteiger partial charge in [0.25, 0.3) is 11.5 Å². The van der Waals surface area contributed by atoms with Crippen molar-refractivity contribution < 1.29 is 18.0 Å². The summed E-state index contributed by atoms with van der Waals surface area (Å²) in [6.07, 6.45) is -0.715. The van der Waals surface area contributed by atoms with Gasteiger partial charge >= 0.3 is 6.18 Å². The molecule has 11 heteroatoms. The standard InChI is InChI=1S/C13H13F3N6O2/c14-13(15,16)9-2-1-3-22(9)12(24)8-4-18-10(20-11(8)23)5-21-7-17-6-19-21/h4,6-7,9H,1-3,5H2,(H,18,20,23)/t9-/m0/s1. The van der Waals surface area contributed by atoms with Gasteiger partial charge < -0.3 is 9.88 Å². The Morgan fingerprint density at radius 3 is 2.83 bits per heavy atom. The van der Waals surface area contributed by atoms with E-state index in [0.29, 0.717) is 4.90 Å². The SMILES string of the molecule is O=C(c1cnc(Cn2cncn2)[nH]c1=O)N1CCC[C@H]1C(F)(F)F. The zero-order chi connectivity index (χ0) is 17.3. The third-order valence-electron chi connectivity index (χ3n) is 3.75. The molecule has 0 unspecified atom stereocenters. The molecule has 1 saturated heterocycles. The lowest BCUT2D eigenvalue weighted by atomic mass is 10.2. The monoisotopic (exact) mass is 342 g/mol. The molecule has 0 aliphatic carbocycles. The van der Waals surface area contributed by atoms with Gasteiger partial charge in [0, 0.05) is 12.7 Å². The molecule has 1 aliphatic heterocycles. The largest absolute Gasteiger partial charge is 0.408 e. The number of likely N-dealkylation sites (tertiary alicyclic amines) is 1. The zero-order valence-electron chi connectivity index (χ0n) is 12.3. The molecule has 3 heterocycles. The molecule has 24 heavy (non-hydrogen) atoms. The summed E-state index contributed by atoms with van der Waals surface area (Å²) in [5, 5.41) is 3.84. The second kappa shape index (κ2) is 6.06. The summed E-state index contributed by atoms with van der Waals surface area (Å²) in [7, 11) is 0. The number of carbonyl (C=O) groups excluding carboxylic acids is 1. The van der Waals surface area contributed by atoms with Gasteiger partial charge in [-0.1, -0.05) is 0 Å². The van der Waals surface area contributed by atoms with Crippen molar-refractivity contribution in [2.45, 2.75) is 31.6 Å². The van der Waals surface area contributed by atoms with Crippen molar-refractivity contribution in [3.8, 4) is 0 Å². The first kappa shape index (κ1) is 16.1. The smallest absolute Gasteiger partial charge is 0.326 e. The first-order chi connectivity index (χ1) is 11.4. The summed E-state index contributed by atoms with van der Waals surface area (Å²) in [6, 6.07) is -1.86. The maximum absolute atomic E-state index is 13.0. The van der Waals surface area contributed by atoms with Crippen LogP contribution in [-0.4, -0.2) is 54.3 Å². The average molecular weight is 342 g/mol. The number of hydrogen-bond donors (Lipinski definition) is 1. The highest BCUT2D eigenvalue weighted by Gasteiger charge is 2.48. The third-order valence-corrected chi connectivity index (χ3v) is 3.75. The van der Waals surface area contributed by atoms with Crippen LogP contribution in [0.4, 0.5) is 13.2 Å². The van der Waals surface area contributed by atoms with Crippen molar-refractivity contribution >= 4 is 5.91 Å². The second-order valence-corrected chi connectivity index (χ2v) is 5.36. The molecule has 2 aromatic heterocycles. The molecule has 3 rings (SSSR count). The molecule has 0 saturated carbocycles. The Morgan fingerprint density at radius 2 is 2.21 bits per heavy atom. The molecule has 0 spiro atoms. The van der Waals surface area contributed by atoms with Crippen molar-refractivity contribution in [3.05, 3.63) is 40.6 Å². The van der Waals surface area contributed by atoms with E-state index < -0.39 is 29.2 Å². The first-order valence-electron chi connectivity index (χ1n) is 7.14. The molecule has 8 nitrogen and oxygen atoms in total. The summed E-state index contributed by atoms with van der Waals surface area (Å²) in [6.45, 7) is 0.0851. The molecule has 1 N–H and O–H groups in total. The number of H-pyrrole nitrogens is 1. The number of aromatic amines is 1. The predicted octanol–water partition coefficient (Wildman–Crippen LogP) is 0.577. The maximum atomic E-state index is 13.0. The van der Waals surface area contributed by atoms with Crippen LogP contribution in [0.2, 0.25) is 0 Å². The van der Waals surface area contributed by atoms with Gasteiger partial charge in [-0.05, 0) is 12.8 Å². The van der Waals surface area contributed by atoms with Gasteiger partial charge in [0.2, 0.25) is 0 Å². The highest BCUT2D eigenvalue weighted by molar-refractivity contribution is 5.94. The Bertz CT molecular complexity index is 786. The number of hydrogen-bond acceptors (Lipinski definition) is 5. The van der Waals surface area contributed by atoms with Crippen molar-refractivity contribution in [2.75, 3.05) is 6.54 Å². The Kier molecular flexibility index (Phi) is 4.08. The van der Waals surface area contributed by atoms with E-state index in [0.717, 1.165) is 6.20 Å². The van der Waals surface area contributed by atoms with E-state index in [4.69, 9.17) is 0 Å². The minimum atomic E-state index is -4.51. The van der Waals surface area contributed by atoms with Gasteiger partial charge in [0.15, 0.2) is 0 Å². The normalized spacial score (nSPS) is 18.1. The van der Waals surface area contributed by atoms with E-state index in [1.165, 1.54) is 17.3 Å². The van der Waals surface area contributed by atoms with Crippen LogP contribution in [0, 0.1) is 0 Å². The highest BCUT2D eigenvalue weighted by Crippen LogP contribution is 2.33. The van der Waals surface area contributed by atoms with Crippen molar-refractivity contribution in [1.82, 2.24) is 29.6 Å². The number of nitrogens with one attached hydrogen (secondary N) is 1. The molecule has 128 valence electrons. The van der Waals surface area contributed by atoms with Gasteiger partial charge in [-0.2, -0.15) is 18.3 Å². The number of aromatic nitrogens is 5. The summed E-state index contributed by atoms with van der Waals surface area (Å²) < 4.78 is 40.3. The molecular formula is C13H13F3N6O2. The summed E-state index contributed by atoms with van der Waals surface area (Å²) >= 11 is 0. The second-order valence-electron chi connectivity index (χ2n) is 5.36. The van der Waals surface area contributed by atoms with Crippen LogP contribution in [0.15, 0.2) is 23.6 Å². The minimum Gasteiger partial charge on any atom is -0.326 e. The van der Waals surface area contributed by atoms with Gasteiger partial charge in [-0.25, -0.2) is 14.6 Å². The Labute approximate surface area is 133 Å². The highest BCUT2D eigenvalue weighted by atomic mass is 19.4. The quantitative estimate of drug-likeness (QED) is 0.880. The topological polar surface area (TPSA) is 96.8 Å². The van der Waals surface area contributed by atoms with Crippen LogP contribution in [0.25, 0.3) is 0 Å². The molecule has 1 amide bonds. The van der Waals surface area contributed by atoms with E-state index in [2.05, 4.69) is 20.1 Å². The van der Waals surface area contributed by atoms with E-state index in [9.17, 15) is 22.8 Å². The summed E-state index contributed by atoms with van der Waals surface area (Å²) in [5.74, 6) is -0.744. The van der Waals surface area contributed by atoms with Crippen LogP contribution >= 0.6 is 0 Å². The number of amides is 1. The fourth-order valence-electron chi connectivity index (χ4n) is 2.64. The first-order valence-corrected chi connectivity index (χ1v) is 7.14. The lowest BCUT2D eigenvalue weighted by molar-refractivity contribution is -0.169. The Morgan fingerprint density at radius 1 is 1.42 bits per heavy atom. The molecule has 2 aromatic rings. The van der Waals surface area contributed by atoms with E-state index in [1.807, 2.05) is 0 Å². The summed E-state index contributed by atoms with van der Waals surface area (Å²) in [5.41, 5.74) is -1.19. The number of alkyl halides is 3. The minimum absolute atomic E-state index is 0.0385. The van der Waals surface area contributed by atoms with E-state index in [1.54, 1.807) is 0 Å². The van der Waals surface area contributed by atoms with Gasteiger partial charge in [0.1, 0.15) is 36.6 Å². The molecule has 0 radical (unpaired) electrons. The molecule has 1 fully saturated rings. The van der Waals surface area contributed by atoms with Crippen molar-refractivity contribution in [1.29, 1.82) is 0 Å². The van der Waals surface area contributed by atoms with Gasteiger partial charge in [0.05, 0.1) is 0 Å². The Balaban J connectivity index is 1.82.